The zero-order valence-electron chi connectivity index (χ0n) is 14.7. The monoisotopic (exact) mass is 384 g/mol. The minimum Gasteiger partial charge on any atom is -0.486 e. The number of benzene rings is 2. The molecule has 0 aliphatic carbocycles. The number of amides is 1. The van der Waals surface area contributed by atoms with E-state index in [1.54, 1.807) is 18.2 Å². The molecule has 1 fully saturated rings. The number of non-ortho nitro benzene ring substituents is 1. The zero-order valence-corrected chi connectivity index (χ0v) is 14.7. The molecule has 1 saturated heterocycles. The first-order valence-electron chi connectivity index (χ1n) is 8.67. The molecule has 9 heteroatoms. The number of ether oxygens (including phenoxy) is 3. The van der Waals surface area contributed by atoms with Crippen LogP contribution >= 0.6 is 0 Å². The molecular weight excluding hydrogens is 368 g/mol. The van der Waals surface area contributed by atoms with Gasteiger partial charge < -0.3 is 19.1 Å². The molecule has 0 aromatic heterocycles. The fourth-order valence-corrected chi connectivity index (χ4v) is 3.17. The van der Waals surface area contributed by atoms with Crippen LogP contribution in [0.15, 0.2) is 42.5 Å². The summed E-state index contributed by atoms with van der Waals surface area (Å²) in [5.41, 5.74) is 0.436. The lowest BCUT2D eigenvalue weighted by molar-refractivity contribution is -0.384. The van der Waals surface area contributed by atoms with Crippen molar-refractivity contribution in [3.05, 3.63) is 52.6 Å². The minimum atomic E-state index is -0.667. The summed E-state index contributed by atoms with van der Waals surface area (Å²) in [6.07, 6.45) is 0.00218. The zero-order chi connectivity index (χ0) is 19.7. The molecule has 2 aliphatic rings. The average molecular weight is 384 g/mol. The van der Waals surface area contributed by atoms with Crippen molar-refractivity contribution in [2.75, 3.05) is 24.7 Å². The standard InChI is InChI=1S/C19H16N2O7/c22-18-8-12(19(23)28-15-3-1-2-14(9-15)21(24)25)11-20(18)13-4-5-16-17(10-13)27-7-6-26-16/h1-5,9-10,12H,6-8,11H2/t12-/m0/s1. The van der Waals surface area contributed by atoms with Gasteiger partial charge in [-0.15, -0.1) is 0 Å². The number of hydrogen-bond donors (Lipinski definition) is 0. The van der Waals surface area contributed by atoms with Gasteiger partial charge in [-0.1, -0.05) is 6.07 Å². The third-order valence-electron chi connectivity index (χ3n) is 4.54. The van der Waals surface area contributed by atoms with Gasteiger partial charge in [0.2, 0.25) is 5.91 Å². The maximum absolute atomic E-state index is 12.4. The van der Waals surface area contributed by atoms with E-state index in [2.05, 4.69) is 0 Å². The fraction of sp³-hybridized carbons (Fsp3) is 0.263. The summed E-state index contributed by atoms with van der Waals surface area (Å²) in [6.45, 7) is 1.06. The van der Waals surface area contributed by atoms with Gasteiger partial charge in [-0.05, 0) is 18.2 Å². The van der Waals surface area contributed by atoms with E-state index in [0.29, 0.717) is 30.4 Å². The molecule has 2 heterocycles. The van der Waals surface area contributed by atoms with Gasteiger partial charge in [0.05, 0.1) is 16.9 Å². The quantitative estimate of drug-likeness (QED) is 0.344. The van der Waals surface area contributed by atoms with Crippen molar-refractivity contribution in [2.45, 2.75) is 6.42 Å². The van der Waals surface area contributed by atoms with Gasteiger partial charge in [0, 0.05) is 30.8 Å². The number of anilines is 1. The van der Waals surface area contributed by atoms with Gasteiger partial charge in [0.25, 0.3) is 5.69 Å². The van der Waals surface area contributed by atoms with Crippen LogP contribution in [-0.2, 0) is 9.59 Å². The van der Waals surface area contributed by atoms with Crippen molar-refractivity contribution in [3.8, 4) is 17.2 Å². The molecule has 0 spiro atoms. The summed E-state index contributed by atoms with van der Waals surface area (Å²) in [5.74, 6) is -0.238. The van der Waals surface area contributed by atoms with Crippen LogP contribution in [0, 0.1) is 16.0 Å². The molecule has 2 aromatic carbocycles. The first-order chi connectivity index (χ1) is 13.5. The number of carbonyl (C=O) groups is 2. The number of nitrogens with zero attached hydrogens (tertiary/aromatic N) is 2. The van der Waals surface area contributed by atoms with Gasteiger partial charge in [-0.3, -0.25) is 19.7 Å². The Morgan fingerprint density at radius 3 is 2.71 bits per heavy atom. The van der Waals surface area contributed by atoms with Crippen molar-refractivity contribution in [1.29, 1.82) is 0 Å². The average Bonchev–Trinajstić information content (AvgIpc) is 3.09. The largest absolute Gasteiger partial charge is 0.486 e. The highest BCUT2D eigenvalue weighted by Crippen LogP contribution is 2.36. The van der Waals surface area contributed by atoms with E-state index in [1.807, 2.05) is 0 Å². The lowest BCUT2D eigenvalue weighted by atomic mass is 10.1. The Bertz CT molecular complexity index is 959. The molecule has 0 unspecified atom stereocenters. The van der Waals surface area contributed by atoms with Crippen LogP contribution < -0.4 is 19.1 Å². The maximum atomic E-state index is 12.4. The first-order valence-corrected chi connectivity index (χ1v) is 8.67. The van der Waals surface area contributed by atoms with Crippen molar-refractivity contribution in [3.63, 3.8) is 0 Å². The summed E-state index contributed by atoms with van der Waals surface area (Å²) >= 11 is 0. The summed E-state index contributed by atoms with van der Waals surface area (Å²) < 4.78 is 16.2. The minimum absolute atomic E-state index is 0.00218. The Morgan fingerprint density at radius 1 is 1.14 bits per heavy atom. The fourth-order valence-electron chi connectivity index (χ4n) is 3.17. The number of rotatable bonds is 4. The van der Waals surface area contributed by atoms with E-state index in [4.69, 9.17) is 14.2 Å². The molecule has 144 valence electrons. The number of carbonyl (C=O) groups excluding carboxylic acids is 2. The second kappa shape index (κ2) is 7.18. The third kappa shape index (κ3) is 3.46. The second-order valence-electron chi connectivity index (χ2n) is 6.41. The topological polar surface area (TPSA) is 108 Å². The van der Waals surface area contributed by atoms with Crippen LogP contribution in [0.3, 0.4) is 0 Å². The van der Waals surface area contributed by atoms with Crippen LogP contribution in [-0.4, -0.2) is 36.6 Å². The number of nitro benzene ring substituents is 1. The summed E-state index contributed by atoms with van der Waals surface area (Å²) in [5, 5.41) is 10.8. The number of hydrogen-bond acceptors (Lipinski definition) is 7. The molecule has 0 bridgehead atoms. The summed E-state index contributed by atoms with van der Waals surface area (Å²) in [6, 6.07) is 10.5. The second-order valence-corrected chi connectivity index (χ2v) is 6.41. The molecule has 4 rings (SSSR count). The first kappa shape index (κ1) is 17.8. The Labute approximate surface area is 159 Å². The van der Waals surface area contributed by atoms with Crippen molar-refractivity contribution in [1.82, 2.24) is 0 Å². The van der Waals surface area contributed by atoms with E-state index in [0.717, 1.165) is 0 Å². The Morgan fingerprint density at radius 2 is 1.93 bits per heavy atom. The molecule has 9 nitrogen and oxygen atoms in total. The predicted octanol–water partition coefficient (Wildman–Crippen LogP) is 2.32. The van der Waals surface area contributed by atoms with Gasteiger partial charge in [-0.25, -0.2) is 0 Å². The Kier molecular flexibility index (Phi) is 4.56. The van der Waals surface area contributed by atoms with Crippen molar-refractivity contribution in [2.24, 2.45) is 5.92 Å². The van der Waals surface area contributed by atoms with Gasteiger partial charge in [0.1, 0.15) is 19.0 Å². The SMILES string of the molecule is O=C(Oc1cccc([N+](=O)[O-])c1)[C@H]1CC(=O)N(c2ccc3c(c2)OCCO3)C1. The third-order valence-corrected chi connectivity index (χ3v) is 4.54. The smallest absolute Gasteiger partial charge is 0.316 e. The molecule has 0 N–H and O–H groups in total. The van der Waals surface area contributed by atoms with Gasteiger partial charge in [-0.2, -0.15) is 0 Å². The van der Waals surface area contributed by atoms with E-state index in [-0.39, 0.29) is 30.3 Å². The van der Waals surface area contributed by atoms with E-state index < -0.39 is 16.8 Å². The molecule has 0 saturated carbocycles. The lowest BCUT2D eigenvalue weighted by Crippen LogP contribution is -2.27. The van der Waals surface area contributed by atoms with Gasteiger partial charge >= 0.3 is 5.97 Å². The summed E-state index contributed by atoms with van der Waals surface area (Å²) in [7, 11) is 0. The van der Waals surface area contributed by atoms with Crippen LogP contribution in [0.1, 0.15) is 6.42 Å². The highest BCUT2D eigenvalue weighted by molar-refractivity contribution is 6.00. The highest BCUT2D eigenvalue weighted by atomic mass is 16.6. The van der Waals surface area contributed by atoms with Crippen LogP contribution in [0.2, 0.25) is 0 Å². The Hall–Kier alpha value is -3.62. The highest BCUT2D eigenvalue weighted by Gasteiger charge is 2.37. The van der Waals surface area contributed by atoms with Crippen molar-refractivity contribution < 1.29 is 28.7 Å². The maximum Gasteiger partial charge on any atom is 0.316 e. The van der Waals surface area contributed by atoms with Crippen LogP contribution in [0.5, 0.6) is 17.2 Å². The van der Waals surface area contributed by atoms with E-state index >= 15 is 0 Å². The summed E-state index contributed by atoms with van der Waals surface area (Å²) in [4.78, 5) is 36.6. The van der Waals surface area contributed by atoms with Gasteiger partial charge in [0.15, 0.2) is 11.5 Å². The predicted molar refractivity (Wildman–Crippen MR) is 96.6 cm³/mol. The van der Waals surface area contributed by atoms with E-state index in [1.165, 1.54) is 29.2 Å². The molecule has 1 amide bonds. The number of esters is 1. The lowest BCUT2D eigenvalue weighted by Gasteiger charge is -2.22. The Balaban J connectivity index is 1.46. The number of fused-ring (bicyclic) bond motifs is 1. The molecule has 2 aromatic rings. The number of nitro groups is 1. The normalized spacial score (nSPS) is 18.1. The van der Waals surface area contributed by atoms with E-state index in [9.17, 15) is 19.7 Å². The van der Waals surface area contributed by atoms with Crippen molar-refractivity contribution >= 4 is 23.3 Å². The molecule has 2 aliphatic heterocycles. The molecule has 28 heavy (non-hydrogen) atoms. The molecular formula is C19H16N2O7. The molecule has 1 atom stereocenters. The van der Waals surface area contributed by atoms with Crippen LogP contribution in [0.4, 0.5) is 11.4 Å². The molecule has 0 radical (unpaired) electrons. The van der Waals surface area contributed by atoms with Crippen LogP contribution in [0.25, 0.3) is 0 Å².